The number of esters is 1. The Morgan fingerprint density at radius 1 is 1.07 bits per heavy atom. The third-order valence-corrected chi connectivity index (χ3v) is 4.63. The van der Waals surface area contributed by atoms with Gasteiger partial charge in [0.1, 0.15) is 0 Å². The Kier molecular flexibility index (Phi) is 5.59. The number of aryl methyl sites for hydroxylation is 2. The van der Waals surface area contributed by atoms with Gasteiger partial charge in [0, 0.05) is 30.6 Å². The van der Waals surface area contributed by atoms with E-state index in [-0.39, 0.29) is 18.1 Å². The highest BCUT2D eigenvalue weighted by atomic mass is 16.5. The summed E-state index contributed by atoms with van der Waals surface area (Å²) in [6.07, 6.45) is 0. The van der Waals surface area contributed by atoms with Crippen LogP contribution in [0.3, 0.4) is 0 Å². The van der Waals surface area contributed by atoms with Crippen LogP contribution in [0.5, 0.6) is 0 Å². The molecule has 3 aromatic rings. The highest BCUT2D eigenvalue weighted by Crippen LogP contribution is 2.16. The molecule has 3 rings (SSSR count). The van der Waals surface area contributed by atoms with Gasteiger partial charge in [-0.15, -0.1) is 0 Å². The molecular formula is C22H22N2O4. The van der Waals surface area contributed by atoms with Crippen molar-refractivity contribution in [2.24, 2.45) is 0 Å². The molecule has 1 aromatic heterocycles. The van der Waals surface area contributed by atoms with Crippen LogP contribution in [0, 0.1) is 13.8 Å². The summed E-state index contributed by atoms with van der Waals surface area (Å²) < 4.78 is 5.18. The highest BCUT2D eigenvalue weighted by molar-refractivity contribution is 6.03. The predicted octanol–water partition coefficient (Wildman–Crippen LogP) is 2.96. The molecule has 0 bridgehead atoms. The number of carbonyl (C=O) groups excluding carboxylic acids is 2. The lowest BCUT2D eigenvalue weighted by Gasteiger charge is -2.19. The average molecular weight is 378 g/mol. The van der Waals surface area contributed by atoms with Gasteiger partial charge in [0.15, 0.2) is 6.61 Å². The number of nitrogens with one attached hydrogen (secondary N) is 1. The monoisotopic (exact) mass is 378 g/mol. The first kappa shape index (κ1) is 19.4. The minimum atomic E-state index is -0.699. The molecule has 1 N–H and O–H groups in total. The van der Waals surface area contributed by atoms with Gasteiger partial charge in [0.25, 0.3) is 5.91 Å². The van der Waals surface area contributed by atoms with Crippen molar-refractivity contribution in [1.29, 1.82) is 0 Å². The number of aromatic nitrogens is 1. The van der Waals surface area contributed by atoms with Crippen LogP contribution >= 0.6 is 0 Å². The molecule has 1 heterocycles. The fourth-order valence-electron chi connectivity index (χ4n) is 3.06. The van der Waals surface area contributed by atoms with Crippen molar-refractivity contribution in [3.05, 3.63) is 81.1 Å². The molecule has 0 unspecified atom stereocenters. The Bertz CT molecular complexity index is 1100. The number of H-pyrrole nitrogens is 1. The zero-order chi connectivity index (χ0) is 20.3. The summed E-state index contributed by atoms with van der Waals surface area (Å²) in [7, 11) is 1.66. The second-order valence-corrected chi connectivity index (χ2v) is 6.85. The molecule has 0 aliphatic carbocycles. The van der Waals surface area contributed by atoms with E-state index < -0.39 is 11.5 Å². The van der Waals surface area contributed by atoms with Crippen molar-refractivity contribution in [3.8, 4) is 0 Å². The first-order chi connectivity index (χ1) is 13.3. The van der Waals surface area contributed by atoms with Crippen molar-refractivity contribution in [2.75, 3.05) is 13.7 Å². The van der Waals surface area contributed by atoms with Crippen molar-refractivity contribution in [1.82, 2.24) is 9.88 Å². The van der Waals surface area contributed by atoms with E-state index in [0.29, 0.717) is 17.4 Å². The average Bonchev–Trinajstić information content (AvgIpc) is 2.67. The largest absolute Gasteiger partial charge is 0.452 e. The van der Waals surface area contributed by atoms with E-state index >= 15 is 0 Å². The topological polar surface area (TPSA) is 79.5 Å². The number of likely N-dealkylation sites (N-methyl/N-ethyl adjacent to an activating group) is 1. The van der Waals surface area contributed by atoms with E-state index in [1.807, 2.05) is 26.0 Å². The van der Waals surface area contributed by atoms with Crippen molar-refractivity contribution >= 4 is 22.8 Å². The van der Waals surface area contributed by atoms with Crippen LogP contribution in [0.15, 0.2) is 53.3 Å². The van der Waals surface area contributed by atoms with Crippen LogP contribution in [0.1, 0.15) is 27.0 Å². The lowest BCUT2D eigenvalue weighted by Crippen LogP contribution is -2.31. The van der Waals surface area contributed by atoms with Gasteiger partial charge in [-0.25, -0.2) is 4.79 Å². The molecule has 2 aromatic carbocycles. The number of hydrogen-bond donors (Lipinski definition) is 1. The molecule has 0 aliphatic heterocycles. The zero-order valence-corrected chi connectivity index (χ0v) is 16.1. The SMILES string of the molecule is Cc1ccc(CN(C)C(=O)COC(=O)c2cc(=O)[nH]c3ccccc23)c(C)c1. The van der Waals surface area contributed by atoms with Crippen LogP contribution in [0.25, 0.3) is 10.9 Å². The van der Waals surface area contributed by atoms with E-state index in [4.69, 9.17) is 4.74 Å². The molecule has 28 heavy (non-hydrogen) atoms. The second-order valence-electron chi connectivity index (χ2n) is 6.85. The van der Waals surface area contributed by atoms with Gasteiger partial charge < -0.3 is 14.6 Å². The predicted molar refractivity (Wildman–Crippen MR) is 107 cm³/mol. The van der Waals surface area contributed by atoms with Crippen LogP contribution in [-0.2, 0) is 16.1 Å². The smallest absolute Gasteiger partial charge is 0.339 e. The fraction of sp³-hybridized carbons (Fsp3) is 0.227. The minimum Gasteiger partial charge on any atom is -0.452 e. The number of amides is 1. The number of fused-ring (bicyclic) bond motifs is 1. The van der Waals surface area contributed by atoms with Crippen molar-refractivity contribution < 1.29 is 14.3 Å². The molecule has 6 nitrogen and oxygen atoms in total. The summed E-state index contributed by atoms with van der Waals surface area (Å²) in [5, 5.41) is 0.572. The van der Waals surface area contributed by atoms with E-state index in [1.54, 1.807) is 31.3 Å². The standard InChI is InChI=1S/C22H22N2O4/c1-14-8-9-16(15(2)10-14)12-24(3)21(26)13-28-22(27)18-11-20(25)23-19-7-5-4-6-17(18)19/h4-11H,12-13H2,1-3H3,(H,23,25). The Hall–Kier alpha value is -3.41. The molecule has 0 saturated heterocycles. The molecule has 0 atom stereocenters. The Labute approximate surface area is 162 Å². The lowest BCUT2D eigenvalue weighted by molar-refractivity contribution is -0.133. The summed E-state index contributed by atoms with van der Waals surface area (Å²) >= 11 is 0. The van der Waals surface area contributed by atoms with E-state index in [9.17, 15) is 14.4 Å². The van der Waals surface area contributed by atoms with Crippen LogP contribution < -0.4 is 5.56 Å². The maximum atomic E-state index is 12.4. The zero-order valence-electron chi connectivity index (χ0n) is 16.1. The lowest BCUT2D eigenvalue weighted by atomic mass is 10.1. The maximum Gasteiger partial charge on any atom is 0.339 e. The normalized spacial score (nSPS) is 10.7. The summed E-state index contributed by atoms with van der Waals surface area (Å²) in [5.74, 6) is -1.02. The van der Waals surface area contributed by atoms with Gasteiger partial charge >= 0.3 is 5.97 Å². The number of pyridine rings is 1. The summed E-state index contributed by atoms with van der Waals surface area (Å²) in [6, 6.07) is 14.2. The molecular weight excluding hydrogens is 356 g/mol. The van der Waals surface area contributed by atoms with Gasteiger partial charge in [-0.2, -0.15) is 0 Å². The van der Waals surface area contributed by atoms with E-state index in [1.165, 1.54) is 11.0 Å². The van der Waals surface area contributed by atoms with Gasteiger partial charge in [0.2, 0.25) is 5.56 Å². The first-order valence-corrected chi connectivity index (χ1v) is 8.94. The highest BCUT2D eigenvalue weighted by Gasteiger charge is 2.17. The molecule has 0 saturated carbocycles. The molecule has 6 heteroatoms. The molecule has 144 valence electrons. The summed E-state index contributed by atoms with van der Waals surface area (Å²) in [4.78, 5) is 40.8. The fourth-order valence-corrected chi connectivity index (χ4v) is 3.06. The van der Waals surface area contributed by atoms with Gasteiger partial charge in [0.05, 0.1) is 5.56 Å². The van der Waals surface area contributed by atoms with Gasteiger partial charge in [-0.05, 0) is 31.0 Å². The molecule has 0 radical (unpaired) electrons. The molecule has 0 aliphatic rings. The molecule has 0 fully saturated rings. The number of nitrogens with zero attached hydrogens (tertiary/aromatic N) is 1. The number of aromatic amines is 1. The van der Waals surface area contributed by atoms with E-state index in [0.717, 1.165) is 16.7 Å². The van der Waals surface area contributed by atoms with E-state index in [2.05, 4.69) is 11.1 Å². The van der Waals surface area contributed by atoms with Crippen LogP contribution in [-0.4, -0.2) is 35.4 Å². The minimum absolute atomic E-state index is 0.143. The number of ether oxygens (including phenoxy) is 1. The van der Waals surface area contributed by atoms with Crippen molar-refractivity contribution in [2.45, 2.75) is 20.4 Å². The maximum absolute atomic E-state index is 12.4. The summed E-state index contributed by atoms with van der Waals surface area (Å²) in [5.41, 5.74) is 3.59. The Balaban J connectivity index is 1.67. The second kappa shape index (κ2) is 8.08. The summed E-state index contributed by atoms with van der Waals surface area (Å²) in [6.45, 7) is 4.06. The Morgan fingerprint density at radius 3 is 2.57 bits per heavy atom. The quantitative estimate of drug-likeness (QED) is 0.692. The molecule has 1 amide bonds. The number of benzene rings is 2. The van der Waals surface area contributed by atoms with Crippen LogP contribution in [0.4, 0.5) is 0 Å². The Morgan fingerprint density at radius 2 is 1.82 bits per heavy atom. The van der Waals surface area contributed by atoms with Gasteiger partial charge in [-0.1, -0.05) is 42.0 Å². The first-order valence-electron chi connectivity index (χ1n) is 8.94. The number of rotatable bonds is 5. The van der Waals surface area contributed by atoms with Gasteiger partial charge in [-0.3, -0.25) is 9.59 Å². The third kappa shape index (κ3) is 4.28. The molecule has 0 spiro atoms. The third-order valence-electron chi connectivity index (χ3n) is 4.63. The van der Waals surface area contributed by atoms with Crippen LogP contribution in [0.2, 0.25) is 0 Å². The number of para-hydroxylation sites is 1. The number of carbonyl (C=O) groups is 2. The number of hydrogen-bond acceptors (Lipinski definition) is 4. The van der Waals surface area contributed by atoms with Crippen molar-refractivity contribution in [3.63, 3.8) is 0 Å².